The first kappa shape index (κ1) is 17.7. The summed E-state index contributed by atoms with van der Waals surface area (Å²) in [6, 6.07) is 21.7. The lowest BCUT2D eigenvalue weighted by molar-refractivity contribution is -0.116. The molecule has 2 aromatic carbocycles. The van der Waals surface area contributed by atoms with Crippen LogP contribution in [0.15, 0.2) is 77.3 Å². The van der Waals surface area contributed by atoms with E-state index in [1.165, 1.54) is 0 Å². The lowest BCUT2D eigenvalue weighted by atomic mass is 9.88. The lowest BCUT2D eigenvalue weighted by Gasteiger charge is -2.17. The molecule has 0 saturated heterocycles. The molecule has 0 aliphatic rings. The minimum atomic E-state index is -0.200. The van der Waals surface area contributed by atoms with Crippen molar-refractivity contribution in [2.45, 2.75) is 12.3 Å². The number of carbonyl (C=O) groups excluding carboxylic acids is 1. The molecule has 7 heteroatoms. The van der Waals surface area contributed by atoms with Crippen LogP contribution in [0.2, 0.25) is 0 Å². The molecule has 4 aromatic rings. The van der Waals surface area contributed by atoms with Crippen molar-refractivity contribution in [3.63, 3.8) is 0 Å². The number of nitrogens with one attached hydrogen (secondary N) is 1. The third-order valence-corrected chi connectivity index (χ3v) is 4.40. The second-order valence-electron chi connectivity index (χ2n) is 6.41. The molecule has 0 unspecified atom stereocenters. The van der Waals surface area contributed by atoms with Gasteiger partial charge in [-0.05, 0) is 17.2 Å². The van der Waals surface area contributed by atoms with E-state index in [0.29, 0.717) is 5.69 Å². The Bertz CT molecular complexity index is 1020. The van der Waals surface area contributed by atoms with Gasteiger partial charge in [-0.1, -0.05) is 65.8 Å². The summed E-state index contributed by atoms with van der Waals surface area (Å²) in [4.78, 5) is 12.7. The van der Waals surface area contributed by atoms with Gasteiger partial charge < -0.3 is 4.42 Å². The summed E-state index contributed by atoms with van der Waals surface area (Å²) in [5.41, 5.74) is 2.70. The third-order valence-electron chi connectivity index (χ3n) is 4.40. The van der Waals surface area contributed by atoms with Gasteiger partial charge in [0.25, 0.3) is 5.89 Å². The maximum absolute atomic E-state index is 12.7. The zero-order valence-corrected chi connectivity index (χ0v) is 15.3. The van der Waals surface area contributed by atoms with Crippen molar-refractivity contribution in [2.75, 3.05) is 5.32 Å². The van der Waals surface area contributed by atoms with Gasteiger partial charge in [0.15, 0.2) is 0 Å². The summed E-state index contributed by atoms with van der Waals surface area (Å²) in [6.45, 7) is 0. The molecule has 0 spiro atoms. The molecule has 4 rings (SSSR count). The molecule has 0 fully saturated rings. The predicted molar refractivity (Wildman–Crippen MR) is 104 cm³/mol. The van der Waals surface area contributed by atoms with Crippen LogP contribution in [0.25, 0.3) is 11.6 Å². The van der Waals surface area contributed by atoms with Crippen LogP contribution in [0.4, 0.5) is 6.01 Å². The Kier molecular flexibility index (Phi) is 4.97. The number of hydrogen-bond donors (Lipinski definition) is 1. The molecular formula is C21H19N5O2. The fourth-order valence-electron chi connectivity index (χ4n) is 3.06. The van der Waals surface area contributed by atoms with E-state index in [2.05, 4.69) is 20.6 Å². The van der Waals surface area contributed by atoms with Crippen LogP contribution < -0.4 is 5.32 Å². The van der Waals surface area contributed by atoms with Crippen LogP contribution in [-0.2, 0) is 11.8 Å². The Morgan fingerprint density at radius 3 is 2.21 bits per heavy atom. The van der Waals surface area contributed by atoms with Crippen LogP contribution in [0.1, 0.15) is 23.5 Å². The third kappa shape index (κ3) is 3.98. The van der Waals surface area contributed by atoms with E-state index >= 15 is 0 Å². The summed E-state index contributed by atoms with van der Waals surface area (Å²) in [6.07, 6.45) is 2.04. The van der Waals surface area contributed by atoms with Gasteiger partial charge in [0.1, 0.15) is 5.69 Å². The minimum absolute atomic E-state index is 0.0607. The van der Waals surface area contributed by atoms with Crippen LogP contribution in [-0.4, -0.2) is 25.9 Å². The molecule has 0 bridgehead atoms. The zero-order chi connectivity index (χ0) is 19.3. The number of benzene rings is 2. The van der Waals surface area contributed by atoms with Gasteiger partial charge in [-0.15, -0.1) is 5.10 Å². The van der Waals surface area contributed by atoms with Crippen molar-refractivity contribution in [3.8, 4) is 11.6 Å². The van der Waals surface area contributed by atoms with Crippen molar-refractivity contribution < 1.29 is 9.21 Å². The topological polar surface area (TPSA) is 85.8 Å². The van der Waals surface area contributed by atoms with E-state index in [4.69, 9.17) is 4.42 Å². The van der Waals surface area contributed by atoms with Gasteiger partial charge in [-0.3, -0.25) is 14.8 Å². The molecule has 0 aliphatic heterocycles. The summed E-state index contributed by atoms with van der Waals surface area (Å²) < 4.78 is 7.16. The van der Waals surface area contributed by atoms with Crippen LogP contribution >= 0.6 is 0 Å². The van der Waals surface area contributed by atoms with Crippen LogP contribution in [0, 0.1) is 0 Å². The monoisotopic (exact) mass is 373 g/mol. The van der Waals surface area contributed by atoms with E-state index in [-0.39, 0.29) is 30.2 Å². The molecule has 0 radical (unpaired) electrons. The molecule has 0 atom stereocenters. The number of anilines is 1. The van der Waals surface area contributed by atoms with Crippen molar-refractivity contribution in [1.82, 2.24) is 20.0 Å². The number of amides is 1. The molecule has 140 valence electrons. The van der Waals surface area contributed by atoms with Crippen LogP contribution in [0.5, 0.6) is 0 Å². The highest BCUT2D eigenvalue weighted by atomic mass is 16.4. The zero-order valence-electron chi connectivity index (χ0n) is 15.3. The molecule has 1 amide bonds. The fraction of sp³-hybridized carbons (Fsp3) is 0.143. The number of carbonyl (C=O) groups is 1. The minimum Gasteiger partial charge on any atom is -0.401 e. The molecule has 0 aliphatic carbocycles. The van der Waals surface area contributed by atoms with Gasteiger partial charge in [0.2, 0.25) is 5.91 Å². The van der Waals surface area contributed by atoms with E-state index in [0.717, 1.165) is 11.1 Å². The molecule has 28 heavy (non-hydrogen) atoms. The predicted octanol–water partition coefficient (Wildman–Crippen LogP) is 3.63. The summed E-state index contributed by atoms with van der Waals surface area (Å²) in [5, 5.41) is 14.7. The fourth-order valence-corrected chi connectivity index (χ4v) is 3.06. The van der Waals surface area contributed by atoms with Gasteiger partial charge in [0.05, 0.1) is 0 Å². The average Bonchev–Trinajstić information content (AvgIpc) is 3.36. The van der Waals surface area contributed by atoms with E-state index in [1.54, 1.807) is 24.0 Å². The number of aromatic nitrogens is 4. The first-order chi connectivity index (χ1) is 13.7. The summed E-state index contributed by atoms with van der Waals surface area (Å²) in [5.74, 6) is -0.00641. The van der Waals surface area contributed by atoms with Gasteiger partial charge in [0, 0.05) is 25.6 Å². The van der Waals surface area contributed by atoms with Crippen molar-refractivity contribution in [1.29, 1.82) is 0 Å². The first-order valence-electron chi connectivity index (χ1n) is 8.92. The average molecular weight is 373 g/mol. The summed E-state index contributed by atoms with van der Waals surface area (Å²) in [7, 11) is 1.80. The highest BCUT2D eigenvalue weighted by Gasteiger charge is 2.20. The quantitative estimate of drug-likeness (QED) is 0.558. The smallest absolute Gasteiger partial charge is 0.322 e. The van der Waals surface area contributed by atoms with Crippen molar-refractivity contribution >= 4 is 11.9 Å². The van der Waals surface area contributed by atoms with Gasteiger partial charge in [-0.2, -0.15) is 5.10 Å². The number of aryl methyl sites for hydroxylation is 1. The van der Waals surface area contributed by atoms with E-state index < -0.39 is 0 Å². The van der Waals surface area contributed by atoms with Gasteiger partial charge >= 0.3 is 6.01 Å². The highest BCUT2D eigenvalue weighted by Crippen LogP contribution is 2.28. The Hall–Kier alpha value is -3.74. The summed E-state index contributed by atoms with van der Waals surface area (Å²) >= 11 is 0. The second-order valence-corrected chi connectivity index (χ2v) is 6.41. The Labute approximate surface area is 162 Å². The molecule has 0 saturated carbocycles. The molecule has 7 nitrogen and oxygen atoms in total. The first-order valence-corrected chi connectivity index (χ1v) is 8.92. The van der Waals surface area contributed by atoms with Crippen molar-refractivity contribution in [2.24, 2.45) is 7.05 Å². The van der Waals surface area contributed by atoms with Gasteiger partial charge in [-0.25, -0.2) is 0 Å². The number of nitrogens with zero attached hydrogens (tertiary/aromatic N) is 4. The molecule has 2 heterocycles. The Balaban J connectivity index is 1.50. The SMILES string of the molecule is Cn1ccc(-c2nnc(NC(=O)CC(c3ccccc3)c3ccccc3)o2)n1. The molecule has 2 aromatic heterocycles. The standard InChI is InChI=1S/C21H19N5O2/c1-26-13-12-18(25-26)20-23-24-21(28-20)22-19(27)14-17(15-8-4-2-5-9-15)16-10-6-3-7-11-16/h2-13,17H,14H2,1H3,(H,22,24,27). The largest absolute Gasteiger partial charge is 0.401 e. The normalized spacial score (nSPS) is 10.9. The Morgan fingerprint density at radius 1 is 1.00 bits per heavy atom. The van der Waals surface area contributed by atoms with Crippen molar-refractivity contribution in [3.05, 3.63) is 84.1 Å². The molecule has 1 N–H and O–H groups in total. The van der Waals surface area contributed by atoms with E-state index in [1.807, 2.05) is 60.7 Å². The van der Waals surface area contributed by atoms with E-state index in [9.17, 15) is 4.79 Å². The number of hydrogen-bond acceptors (Lipinski definition) is 5. The Morgan fingerprint density at radius 2 is 1.64 bits per heavy atom. The lowest BCUT2D eigenvalue weighted by Crippen LogP contribution is -2.16. The maximum atomic E-state index is 12.7. The highest BCUT2D eigenvalue weighted by molar-refractivity contribution is 5.89. The second kappa shape index (κ2) is 7.87. The van der Waals surface area contributed by atoms with Crippen LogP contribution in [0.3, 0.4) is 0 Å². The number of rotatable bonds is 6. The molecular weight excluding hydrogens is 354 g/mol. The maximum Gasteiger partial charge on any atom is 0.322 e.